The summed E-state index contributed by atoms with van der Waals surface area (Å²) >= 11 is 1.64. The van der Waals surface area contributed by atoms with E-state index in [1.165, 1.54) is 12.1 Å². The number of thiophene rings is 1. The van der Waals surface area contributed by atoms with Crippen LogP contribution in [0.15, 0.2) is 93.7 Å². The highest BCUT2D eigenvalue weighted by molar-refractivity contribution is 7.09. The highest BCUT2D eigenvalue weighted by atomic mass is 32.1. The number of rotatable bonds is 9. The largest absolute Gasteiger partial charge is 0.468 e. The van der Waals surface area contributed by atoms with E-state index in [0.29, 0.717) is 31.0 Å². The van der Waals surface area contributed by atoms with Crippen molar-refractivity contribution in [3.63, 3.8) is 0 Å². The molecule has 0 spiro atoms. The molecule has 8 nitrogen and oxygen atoms in total. The van der Waals surface area contributed by atoms with E-state index in [1.54, 1.807) is 34.4 Å². The Bertz CT molecular complexity index is 1710. The molecular weight excluding hydrogens is 515 g/mol. The van der Waals surface area contributed by atoms with Crippen LogP contribution < -0.4 is 5.56 Å². The van der Waals surface area contributed by atoms with Crippen LogP contribution in [0.25, 0.3) is 10.9 Å². The molecule has 39 heavy (non-hydrogen) atoms. The van der Waals surface area contributed by atoms with E-state index in [-0.39, 0.29) is 11.4 Å². The summed E-state index contributed by atoms with van der Waals surface area (Å²) in [5.74, 6) is 0.939. The normalized spacial score (nSPS) is 12.4. The first-order chi connectivity index (χ1) is 19.0. The van der Waals surface area contributed by atoms with Gasteiger partial charge in [0.1, 0.15) is 17.6 Å². The fourth-order valence-corrected chi connectivity index (χ4v) is 5.50. The van der Waals surface area contributed by atoms with Crippen molar-refractivity contribution in [3.8, 4) is 0 Å². The SMILES string of the molecule is Cc1ccc2[nH]c(=O)c([C@H](c3nnnn3Cc3ccc(F)cc3)N(Cc3ccco3)Cc3cccs3)cc2c1. The highest BCUT2D eigenvalue weighted by Crippen LogP contribution is 2.31. The van der Waals surface area contributed by atoms with Crippen LogP contribution in [0, 0.1) is 12.7 Å². The summed E-state index contributed by atoms with van der Waals surface area (Å²) in [6, 6.07) is 21.3. The molecule has 2 aromatic carbocycles. The van der Waals surface area contributed by atoms with Gasteiger partial charge in [0.15, 0.2) is 5.82 Å². The number of H-pyrrole nitrogens is 1. The minimum atomic E-state index is -0.610. The smallest absolute Gasteiger partial charge is 0.253 e. The maximum Gasteiger partial charge on any atom is 0.253 e. The number of aromatic nitrogens is 5. The Hall–Kier alpha value is -4.41. The van der Waals surface area contributed by atoms with Gasteiger partial charge in [-0.25, -0.2) is 9.07 Å². The molecule has 0 aliphatic carbocycles. The number of benzene rings is 2. The second-order valence-electron chi connectivity index (χ2n) is 9.43. The van der Waals surface area contributed by atoms with Crippen molar-refractivity contribution >= 4 is 22.2 Å². The number of pyridine rings is 1. The molecule has 0 saturated heterocycles. The molecule has 0 aliphatic rings. The molecule has 10 heteroatoms. The van der Waals surface area contributed by atoms with Gasteiger partial charge in [0.25, 0.3) is 5.56 Å². The Morgan fingerprint density at radius 1 is 1.08 bits per heavy atom. The molecule has 196 valence electrons. The van der Waals surface area contributed by atoms with E-state index in [1.807, 2.05) is 54.8 Å². The molecule has 0 amide bonds. The molecule has 4 heterocycles. The number of nitrogens with one attached hydrogen (secondary N) is 1. The molecule has 0 fully saturated rings. The van der Waals surface area contributed by atoms with Gasteiger partial charge in [-0.15, -0.1) is 16.4 Å². The number of aromatic amines is 1. The maximum atomic E-state index is 13.6. The number of fused-ring (bicyclic) bond motifs is 1. The van der Waals surface area contributed by atoms with Crippen LogP contribution in [0.3, 0.4) is 0 Å². The maximum absolute atomic E-state index is 13.6. The molecule has 6 rings (SSSR count). The van der Waals surface area contributed by atoms with E-state index in [0.717, 1.165) is 32.7 Å². The quantitative estimate of drug-likeness (QED) is 0.262. The van der Waals surface area contributed by atoms with E-state index in [9.17, 15) is 9.18 Å². The van der Waals surface area contributed by atoms with Crippen LogP contribution in [0.5, 0.6) is 0 Å². The first-order valence-electron chi connectivity index (χ1n) is 12.5. The average Bonchev–Trinajstić information content (AvgIpc) is 3.71. The molecule has 0 aliphatic heterocycles. The van der Waals surface area contributed by atoms with E-state index in [2.05, 4.69) is 31.5 Å². The molecule has 4 aromatic heterocycles. The van der Waals surface area contributed by atoms with Gasteiger partial charge >= 0.3 is 0 Å². The van der Waals surface area contributed by atoms with Crippen molar-refractivity contribution in [2.45, 2.75) is 32.6 Å². The molecule has 0 saturated carbocycles. The summed E-state index contributed by atoms with van der Waals surface area (Å²) in [5.41, 5.74) is 2.98. The fourth-order valence-electron chi connectivity index (χ4n) is 4.77. The lowest BCUT2D eigenvalue weighted by molar-refractivity contribution is 0.181. The van der Waals surface area contributed by atoms with Crippen molar-refractivity contribution in [1.29, 1.82) is 0 Å². The van der Waals surface area contributed by atoms with Crippen LogP contribution in [-0.4, -0.2) is 30.1 Å². The second kappa shape index (κ2) is 10.8. The van der Waals surface area contributed by atoms with Crippen molar-refractivity contribution in [3.05, 3.63) is 134 Å². The molecule has 0 radical (unpaired) electrons. The number of nitrogens with zero attached hydrogens (tertiary/aromatic N) is 5. The summed E-state index contributed by atoms with van der Waals surface area (Å²) in [7, 11) is 0. The van der Waals surface area contributed by atoms with Crippen molar-refractivity contribution in [2.75, 3.05) is 0 Å². The van der Waals surface area contributed by atoms with Crippen molar-refractivity contribution in [1.82, 2.24) is 30.1 Å². The van der Waals surface area contributed by atoms with Gasteiger partial charge in [-0.1, -0.05) is 29.8 Å². The Morgan fingerprint density at radius 3 is 2.72 bits per heavy atom. The van der Waals surface area contributed by atoms with Crippen molar-refractivity contribution in [2.24, 2.45) is 0 Å². The molecule has 6 aromatic rings. The number of hydrogen-bond acceptors (Lipinski definition) is 7. The second-order valence-corrected chi connectivity index (χ2v) is 10.5. The summed E-state index contributed by atoms with van der Waals surface area (Å²) in [6.45, 7) is 3.30. The zero-order chi connectivity index (χ0) is 26.8. The van der Waals surface area contributed by atoms with Crippen molar-refractivity contribution < 1.29 is 8.81 Å². The topological polar surface area (TPSA) is 92.8 Å². The van der Waals surface area contributed by atoms with Gasteiger partial charge in [0, 0.05) is 22.5 Å². The summed E-state index contributed by atoms with van der Waals surface area (Å²) in [5, 5.41) is 15.6. The third kappa shape index (κ3) is 5.43. The van der Waals surface area contributed by atoms with Crippen LogP contribution >= 0.6 is 11.3 Å². The third-order valence-corrected chi connectivity index (χ3v) is 7.48. The Balaban J connectivity index is 1.51. The van der Waals surface area contributed by atoms with E-state index >= 15 is 0 Å². The number of tetrazole rings is 1. The third-order valence-electron chi connectivity index (χ3n) is 6.62. The Morgan fingerprint density at radius 2 is 1.95 bits per heavy atom. The Kier molecular flexibility index (Phi) is 6.87. The average molecular weight is 541 g/mol. The minimum absolute atomic E-state index is 0.219. The fraction of sp³-hybridized carbons (Fsp3) is 0.172. The molecule has 0 bridgehead atoms. The highest BCUT2D eigenvalue weighted by Gasteiger charge is 2.31. The van der Waals surface area contributed by atoms with Crippen LogP contribution in [0.2, 0.25) is 0 Å². The van der Waals surface area contributed by atoms with E-state index < -0.39 is 6.04 Å². The number of hydrogen-bond donors (Lipinski definition) is 1. The van der Waals surface area contributed by atoms with Crippen LogP contribution in [0.1, 0.15) is 39.2 Å². The van der Waals surface area contributed by atoms with Gasteiger partial charge in [-0.05, 0) is 82.2 Å². The van der Waals surface area contributed by atoms with Crippen LogP contribution in [-0.2, 0) is 19.6 Å². The van der Waals surface area contributed by atoms with Gasteiger partial charge < -0.3 is 9.40 Å². The summed E-state index contributed by atoms with van der Waals surface area (Å²) in [6.07, 6.45) is 1.64. The monoisotopic (exact) mass is 540 g/mol. The predicted octanol–water partition coefficient (Wildman–Crippen LogP) is 5.46. The Labute approximate surface area is 227 Å². The standard InChI is InChI=1S/C29H25FN6O2S/c1-19-6-11-26-21(14-19)15-25(29(37)31-26)27(28-32-33-34-36(28)16-20-7-9-22(30)10-8-20)35(17-23-4-2-12-38-23)18-24-5-3-13-39-24/h2-15,27H,16-18H2,1H3,(H,31,37)/t27-/m1/s1. The van der Waals surface area contributed by atoms with Gasteiger partial charge in [-0.2, -0.15) is 0 Å². The van der Waals surface area contributed by atoms with Gasteiger partial charge in [-0.3, -0.25) is 9.69 Å². The number of furan rings is 1. The zero-order valence-electron chi connectivity index (χ0n) is 21.1. The first-order valence-corrected chi connectivity index (χ1v) is 13.3. The molecule has 1 atom stereocenters. The lowest BCUT2D eigenvalue weighted by atomic mass is 10.0. The lowest BCUT2D eigenvalue weighted by Gasteiger charge is -2.30. The summed E-state index contributed by atoms with van der Waals surface area (Å²) < 4.78 is 21.0. The lowest BCUT2D eigenvalue weighted by Crippen LogP contribution is -2.34. The van der Waals surface area contributed by atoms with Crippen LogP contribution in [0.4, 0.5) is 4.39 Å². The number of aryl methyl sites for hydroxylation is 1. The molecule has 0 unspecified atom stereocenters. The van der Waals surface area contributed by atoms with Gasteiger partial charge in [0.05, 0.1) is 19.4 Å². The molecule has 1 N–H and O–H groups in total. The number of halogens is 1. The minimum Gasteiger partial charge on any atom is -0.468 e. The summed E-state index contributed by atoms with van der Waals surface area (Å²) in [4.78, 5) is 20.0. The van der Waals surface area contributed by atoms with Gasteiger partial charge in [0.2, 0.25) is 0 Å². The predicted molar refractivity (Wildman–Crippen MR) is 147 cm³/mol. The molecular formula is C29H25FN6O2S. The zero-order valence-corrected chi connectivity index (χ0v) is 21.9. The first kappa shape index (κ1) is 24.9. The van der Waals surface area contributed by atoms with E-state index in [4.69, 9.17) is 4.42 Å².